The van der Waals surface area contributed by atoms with Gasteiger partial charge in [0.25, 0.3) is 0 Å². The number of cyclic esters (lactones) is 2. The average Bonchev–Trinajstić information content (AvgIpc) is 2.86. The summed E-state index contributed by atoms with van der Waals surface area (Å²) in [5.74, 6) is -0.978. The van der Waals surface area contributed by atoms with Crippen molar-refractivity contribution in [2.45, 2.75) is 115 Å². The van der Waals surface area contributed by atoms with Crippen molar-refractivity contribution in [2.75, 3.05) is 0 Å². The zero-order chi connectivity index (χ0) is 19.9. The van der Waals surface area contributed by atoms with Gasteiger partial charge < -0.3 is 14.6 Å². The largest absolute Gasteiger partial charge is 0.481 e. The minimum Gasteiger partial charge on any atom is -0.481 e. The Morgan fingerprint density at radius 1 is 0.852 bits per heavy atom. The zero-order valence-electron chi connectivity index (χ0n) is 16.7. The molecule has 1 N–H and O–H groups in total. The number of unbranched alkanes of at least 4 members (excludes halogenated alkanes) is 6. The van der Waals surface area contributed by atoms with E-state index >= 15 is 0 Å². The monoisotopic (exact) mass is 384 g/mol. The molecule has 0 bridgehead atoms. The summed E-state index contributed by atoms with van der Waals surface area (Å²) in [6.45, 7) is 2.20. The maximum absolute atomic E-state index is 11.3. The van der Waals surface area contributed by atoms with Gasteiger partial charge in [0, 0.05) is 19.3 Å². The number of rotatable bonds is 9. The van der Waals surface area contributed by atoms with E-state index in [9.17, 15) is 14.4 Å². The highest BCUT2D eigenvalue weighted by molar-refractivity contribution is 5.71. The number of aliphatic carboxylic acids is 1. The first kappa shape index (κ1) is 23.4. The zero-order valence-corrected chi connectivity index (χ0v) is 16.7. The van der Waals surface area contributed by atoms with Gasteiger partial charge in [0.15, 0.2) is 0 Å². The normalized spacial score (nSPS) is 22.7. The first-order valence-electron chi connectivity index (χ1n) is 10.6. The fourth-order valence-corrected chi connectivity index (χ4v) is 3.39. The lowest BCUT2D eigenvalue weighted by Crippen LogP contribution is -2.36. The van der Waals surface area contributed by atoms with Crippen LogP contribution in [0.15, 0.2) is 0 Å². The topological polar surface area (TPSA) is 89.9 Å². The van der Waals surface area contributed by atoms with Crippen LogP contribution in [0, 0.1) is 0 Å². The van der Waals surface area contributed by atoms with Crippen molar-refractivity contribution < 1.29 is 29.0 Å². The Balaban J connectivity index is 0.000000279. The standard InChI is InChI=1S/C11H16O4.C10H20O2/c12-10-6-2-1-4-8(14-10)9-5-3-7-11(13)15-9;1-2-3-4-5-6-7-8-9-10(11)12/h8-9H,1-7H2;2-9H2,1H3,(H,11,12). The number of carbonyl (C=O) groups is 3. The minimum absolute atomic E-state index is 0.154. The third-order valence-electron chi connectivity index (χ3n) is 4.96. The molecule has 0 radical (unpaired) electrons. The van der Waals surface area contributed by atoms with Crippen molar-refractivity contribution in [2.24, 2.45) is 0 Å². The van der Waals surface area contributed by atoms with Crippen molar-refractivity contribution in [1.29, 1.82) is 0 Å². The van der Waals surface area contributed by atoms with E-state index in [-0.39, 0.29) is 24.1 Å². The van der Waals surface area contributed by atoms with E-state index in [0.29, 0.717) is 19.3 Å². The van der Waals surface area contributed by atoms with Crippen LogP contribution in [0.25, 0.3) is 0 Å². The number of hydrogen-bond donors (Lipinski definition) is 1. The highest BCUT2D eigenvalue weighted by Gasteiger charge is 2.32. The number of carboxylic acid groups (broad SMARTS) is 1. The minimum atomic E-state index is -0.663. The number of esters is 2. The molecule has 2 aliphatic rings. The van der Waals surface area contributed by atoms with Gasteiger partial charge >= 0.3 is 17.9 Å². The van der Waals surface area contributed by atoms with Crippen molar-refractivity contribution >= 4 is 17.9 Å². The molecule has 0 aromatic carbocycles. The molecule has 6 nitrogen and oxygen atoms in total. The first-order chi connectivity index (χ1) is 13.0. The van der Waals surface area contributed by atoms with Crippen LogP contribution in [0.4, 0.5) is 0 Å². The van der Waals surface area contributed by atoms with Gasteiger partial charge in [0.1, 0.15) is 12.2 Å². The fourth-order valence-electron chi connectivity index (χ4n) is 3.39. The Hall–Kier alpha value is -1.59. The molecular weight excluding hydrogens is 348 g/mol. The molecule has 2 heterocycles. The van der Waals surface area contributed by atoms with E-state index in [4.69, 9.17) is 14.6 Å². The number of ether oxygens (including phenoxy) is 2. The van der Waals surface area contributed by atoms with E-state index < -0.39 is 5.97 Å². The van der Waals surface area contributed by atoms with Crippen LogP contribution >= 0.6 is 0 Å². The number of carbonyl (C=O) groups excluding carboxylic acids is 2. The number of hydrogen-bond acceptors (Lipinski definition) is 5. The molecule has 0 aromatic rings. The number of carboxylic acids is 1. The summed E-state index contributed by atoms with van der Waals surface area (Å²) < 4.78 is 10.5. The van der Waals surface area contributed by atoms with Gasteiger partial charge in [-0.3, -0.25) is 14.4 Å². The fraction of sp³-hybridized carbons (Fsp3) is 0.857. The van der Waals surface area contributed by atoms with E-state index in [1.54, 1.807) is 0 Å². The average molecular weight is 385 g/mol. The molecular formula is C21H36O6. The van der Waals surface area contributed by atoms with Gasteiger partial charge in [-0.25, -0.2) is 0 Å². The van der Waals surface area contributed by atoms with Gasteiger partial charge in [-0.2, -0.15) is 0 Å². The summed E-state index contributed by atoms with van der Waals surface area (Å²) in [5.41, 5.74) is 0. The lowest BCUT2D eigenvalue weighted by molar-refractivity contribution is -0.172. The predicted molar refractivity (Wildman–Crippen MR) is 102 cm³/mol. The molecule has 0 saturated carbocycles. The molecule has 27 heavy (non-hydrogen) atoms. The lowest BCUT2D eigenvalue weighted by Gasteiger charge is -2.28. The Morgan fingerprint density at radius 3 is 1.93 bits per heavy atom. The van der Waals surface area contributed by atoms with Crippen LogP contribution < -0.4 is 0 Å². The highest BCUT2D eigenvalue weighted by Crippen LogP contribution is 2.25. The highest BCUT2D eigenvalue weighted by atomic mass is 16.6. The molecule has 2 aliphatic heterocycles. The first-order valence-corrected chi connectivity index (χ1v) is 10.6. The van der Waals surface area contributed by atoms with E-state index in [1.165, 1.54) is 32.1 Å². The van der Waals surface area contributed by atoms with Gasteiger partial charge in [-0.1, -0.05) is 45.4 Å². The molecule has 0 spiro atoms. The third-order valence-corrected chi connectivity index (χ3v) is 4.96. The van der Waals surface area contributed by atoms with Crippen LogP contribution in [-0.2, 0) is 23.9 Å². The maximum atomic E-state index is 11.3. The second kappa shape index (κ2) is 14.5. The summed E-state index contributed by atoms with van der Waals surface area (Å²) in [4.78, 5) is 32.5. The van der Waals surface area contributed by atoms with E-state index in [0.717, 1.165) is 44.9 Å². The molecule has 2 rings (SSSR count). The molecule has 0 aliphatic carbocycles. The predicted octanol–water partition coefficient (Wildman–Crippen LogP) is 4.78. The molecule has 156 valence electrons. The van der Waals surface area contributed by atoms with Crippen molar-refractivity contribution in [3.63, 3.8) is 0 Å². The molecule has 0 amide bonds. The van der Waals surface area contributed by atoms with Crippen LogP contribution in [-0.4, -0.2) is 35.2 Å². The summed E-state index contributed by atoms with van der Waals surface area (Å²) in [7, 11) is 0. The van der Waals surface area contributed by atoms with Crippen LogP contribution in [0.1, 0.15) is 103 Å². The van der Waals surface area contributed by atoms with Crippen molar-refractivity contribution in [3.05, 3.63) is 0 Å². The van der Waals surface area contributed by atoms with Crippen molar-refractivity contribution in [1.82, 2.24) is 0 Å². The molecule has 2 saturated heterocycles. The quantitative estimate of drug-likeness (QED) is 0.454. The Kier molecular flexibility index (Phi) is 12.6. The maximum Gasteiger partial charge on any atom is 0.306 e. The van der Waals surface area contributed by atoms with Crippen molar-refractivity contribution in [3.8, 4) is 0 Å². The summed E-state index contributed by atoms with van der Waals surface area (Å²) in [6, 6.07) is 0. The molecule has 2 atom stereocenters. The molecule has 6 heteroatoms. The van der Waals surface area contributed by atoms with Crippen LogP contribution in [0.2, 0.25) is 0 Å². The van der Waals surface area contributed by atoms with E-state index in [2.05, 4.69) is 6.92 Å². The SMILES string of the molecule is CCCCCCCCCC(=O)O.O=C1CCCCC(C2CCCC(=O)O2)O1. The third kappa shape index (κ3) is 11.7. The Labute approximate surface area is 163 Å². The smallest absolute Gasteiger partial charge is 0.306 e. The van der Waals surface area contributed by atoms with Crippen LogP contribution in [0.5, 0.6) is 0 Å². The van der Waals surface area contributed by atoms with Gasteiger partial charge in [0.05, 0.1) is 0 Å². The summed E-state index contributed by atoms with van der Waals surface area (Å²) in [5, 5.41) is 8.35. The second-order valence-electron chi connectivity index (χ2n) is 7.46. The van der Waals surface area contributed by atoms with Gasteiger partial charge in [0.2, 0.25) is 0 Å². The summed E-state index contributed by atoms with van der Waals surface area (Å²) in [6.07, 6.45) is 13.6. The lowest BCUT2D eigenvalue weighted by atomic mass is 10.00. The van der Waals surface area contributed by atoms with Gasteiger partial charge in [-0.15, -0.1) is 0 Å². The second-order valence-corrected chi connectivity index (χ2v) is 7.46. The Bertz CT molecular complexity index is 448. The van der Waals surface area contributed by atoms with Crippen LogP contribution in [0.3, 0.4) is 0 Å². The molecule has 0 aromatic heterocycles. The molecule has 2 fully saturated rings. The summed E-state index contributed by atoms with van der Waals surface area (Å²) >= 11 is 0. The van der Waals surface area contributed by atoms with Gasteiger partial charge in [-0.05, 0) is 38.5 Å². The van der Waals surface area contributed by atoms with E-state index in [1.807, 2.05) is 0 Å². The Morgan fingerprint density at radius 2 is 1.37 bits per heavy atom. The molecule has 2 unspecified atom stereocenters.